The summed E-state index contributed by atoms with van der Waals surface area (Å²) >= 11 is 0. The molecule has 0 aliphatic carbocycles. The van der Waals surface area contributed by atoms with Crippen LogP contribution in [-0.2, 0) is 24.1 Å². The summed E-state index contributed by atoms with van der Waals surface area (Å²) in [6, 6.07) is 16.4. The number of carbonyl (C=O) groups excluding carboxylic acids is 2. The van der Waals surface area contributed by atoms with E-state index in [1.807, 2.05) is 30.3 Å². The third-order valence-corrected chi connectivity index (χ3v) is 4.90. The van der Waals surface area contributed by atoms with Crippen molar-refractivity contribution in [1.82, 2.24) is 19.5 Å². The minimum atomic E-state index is -4.55. The van der Waals surface area contributed by atoms with Crippen LogP contribution in [0, 0.1) is 0 Å². The molecule has 2 aromatic carbocycles. The van der Waals surface area contributed by atoms with Crippen molar-refractivity contribution in [3.8, 4) is 0 Å². The number of rotatable bonds is 6. The van der Waals surface area contributed by atoms with Gasteiger partial charge in [0.15, 0.2) is 5.65 Å². The van der Waals surface area contributed by atoms with Gasteiger partial charge >= 0.3 is 11.9 Å². The molecule has 8 nitrogen and oxygen atoms in total. The highest BCUT2D eigenvalue weighted by Gasteiger charge is 2.30. The van der Waals surface area contributed by atoms with Gasteiger partial charge in [0.05, 0.1) is 11.1 Å². The number of hydrogen-bond acceptors (Lipinski definition) is 4. The molecule has 34 heavy (non-hydrogen) atoms. The fourth-order valence-corrected chi connectivity index (χ4v) is 3.25. The van der Waals surface area contributed by atoms with Crippen LogP contribution < -0.4 is 16.3 Å². The van der Waals surface area contributed by atoms with E-state index >= 15 is 0 Å². The minimum Gasteiger partial charge on any atom is -0.348 e. The van der Waals surface area contributed by atoms with E-state index in [-0.39, 0.29) is 16.9 Å². The quantitative estimate of drug-likeness (QED) is 0.454. The van der Waals surface area contributed by atoms with E-state index in [1.165, 1.54) is 30.5 Å². The third kappa shape index (κ3) is 5.14. The number of alkyl halides is 3. The highest BCUT2D eigenvalue weighted by atomic mass is 19.4. The smallest absolute Gasteiger partial charge is 0.348 e. The lowest BCUT2D eigenvalue weighted by Gasteiger charge is -2.09. The molecule has 0 spiro atoms. The van der Waals surface area contributed by atoms with Crippen LogP contribution in [0.25, 0.3) is 5.65 Å². The standard InChI is InChI=1S/C23H18F3N5O3/c24-23(25,26)17-7-4-8-18(11-17)28-20(32)14-31-22(34)30-13-16(9-10-19(30)29-31)21(33)27-12-15-5-2-1-3-6-15/h1-11,13H,12,14H2,(H,27,33)(H,28,32). The van der Waals surface area contributed by atoms with Crippen molar-refractivity contribution in [3.05, 3.63) is 100 Å². The van der Waals surface area contributed by atoms with Crippen molar-refractivity contribution >= 4 is 23.1 Å². The van der Waals surface area contributed by atoms with Gasteiger partial charge in [-0.2, -0.15) is 13.2 Å². The van der Waals surface area contributed by atoms with Crippen LogP contribution in [0.1, 0.15) is 21.5 Å². The summed E-state index contributed by atoms with van der Waals surface area (Å²) in [5, 5.41) is 9.12. The fourth-order valence-electron chi connectivity index (χ4n) is 3.25. The third-order valence-electron chi connectivity index (χ3n) is 4.90. The average molecular weight is 469 g/mol. The van der Waals surface area contributed by atoms with Crippen molar-refractivity contribution in [2.75, 3.05) is 5.32 Å². The maximum Gasteiger partial charge on any atom is 0.416 e. The molecule has 0 aliphatic heterocycles. The normalized spacial score (nSPS) is 11.4. The highest BCUT2D eigenvalue weighted by Crippen LogP contribution is 2.30. The number of nitrogens with one attached hydrogen (secondary N) is 2. The number of anilines is 1. The summed E-state index contributed by atoms with van der Waals surface area (Å²) in [7, 11) is 0. The van der Waals surface area contributed by atoms with Crippen molar-refractivity contribution in [2.45, 2.75) is 19.3 Å². The van der Waals surface area contributed by atoms with Gasteiger partial charge in [-0.15, -0.1) is 5.10 Å². The summed E-state index contributed by atoms with van der Waals surface area (Å²) in [6.45, 7) is -0.214. The summed E-state index contributed by atoms with van der Waals surface area (Å²) in [5.74, 6) is -1.13. The van der Waals surface area contributed by atoms with Crippen molar-refractivity contribution in [1.29, 1.82) is 0 Å². The second-order valence-electron chi connectivity index (χ2n) is 7.38. The minimum absolute atomic E-state index is 0.0611. The van der Waals surface area contributed by atoms with E-state index in [4.69, 9.17) is 0 Å². The molecule has 0 radical (unpaired) electrons. The predicted octanol–water partition coefficient (Wildman–Crippen LogP) is 3.08. The van der Waals surface area contributed by atoms with Crippen molar-refractivity contribution in [2.24, 2.45) is 0 Å². The molecule has 2 heterocycles. The zero-order valence-corrected chi connectivity index (χ0v) is 17.5. The van der Waals surface area contributed by atoms with Crippen molar-refractivity contribution in [3.63, 3.8) is 0 Å². The van der Waals surface area contributed by atoms with Crippen LogP contribution in [0.3, 0.4) is 0 Å². The number of benzene rings is 2. The van der Waals surface area contributed by atoms with Crippen molar-refractivity contribution < 1.29 is 22.8 Å². The highest BCUT2D eigenvalue weighted by molar-refractivity contribution is 5.94. The average Bonchev–Trinajstić information content (AvgIpc) is 3.12. The monoisotopic (exact) mass is 469 g/mol. The summed E-state index contributed by atoms with van der Waals surface area (Å²) in [6.07, 6.45) is -3.24. The molecule has 0 fully saturated rings. The Hall–Kier alpha value is -4.41. The Labute approximate surface area is 190 Å². The number of pyridine rings is 1. The lowest BCUT2D eigenvalue weighted by Crippen LogP contribution is -2.28. The molecule has 0 unspecified atom stereocenters. The van der Waals surface area contributed by atoms with Gasteiger partial charge in [0, 0.05) is 18.4 Å². The van der Waals surface area contributed by atoms with E-state index in [2.05, 4.69) is 15.7 Å². The summed E-state index contributed by atoms with van der Waals surface area (Å²) in [4.78, 5) is 37.4. The molecule has 0 aliphatic rings. The number of hydrogen-bond donors (Lipinski definition) is 2. The molecule has 0 saturated heterocycles. The van der Waals surface area contributed by atoms with E-state index in [1.54, 1.807) is 0 Å². The molecular weight excluding hydrogens is 451 g/mol. The van der Waals surface area contributed by atoms with E-state index in [9.17, 15) is 27.6 Å². The molecule has 2 aromatic heterocycles. The molecule has 11 heteroatoms. The molecule has 4 aromatic rings. The predicted molar refractivity (Wildman–Crippen MR) is 117 cm³/mol. The van der Waals surface area contributed by atoms with Gasteiger partial charge < -0.3 is 10.6 Å². The van der Waals surface area contributed by atoms with Crippen LogP contribution >= 0.6 is 0 Å². The Morgan fingerprint density at radius 1 is 0.971 bits per heavy atom. The van der Waals surface area contributed by atoms with Crippen LogP contribution in [-0.4, -0.2) is 26.0 Å². The Morgan fingerprint density at radius 3 is 2.47 bits per heavy atom. The zero-order chi connectivity index (χ0) is 24.3. The summed E-state index contributed by atoms with van der Waals surface area (Å²) in [5.41, 5.74) is -0.308. The first kappa shape index (κ1) is 22.8. The van der Waals surface area contributed by atoms with Gasteiger partial charge in [-0.25, -0.2) is 13.9 Å². The number of nitrogens with zero attached hydrogens (tertiary/aromatic N) is 3. The number of amides is 2. The van der Waals surface area contributed by atoms with E-state index < -0.39 is 35.8 Å². The maximum absolute atomic E-state index is 12.8. The molecule has 174 valence electrons. The maximum atomic E-state index is 12.8. The number of fused-ring (bicyclic) bond motifs is 1. The number of halogens is 3. The first-order valence-corrected chi connectivity index (χ1v) is 10.1. The van der Waals surface area contributed by atoms with Crippen LogP contribution in [0.15, 0.2) is 77.7 Å². The molecule has 0 bridgehead atoms. The molecule has 2 N–H and O–H groups in total. The number of aromatic nitrogens is 3. The molecule has 4 rings (SSSR count). The number of carbonyl (C=O) groups is 2. The van der Waals surface area contributed by atoms with Gasteiger partial charge in [-0.05, 0) is 35.9 Å². The molecular formula is C23H18F3N5O3. The van der Waals surface area contributed by atoms with Crippen LogP contribution in [0.4, 0.5) is 18.9 Å². The van der Waals surface area contributed by atoms with Crippen LogP contribution in [0.2, 0.25) is 0 Å². The lowest BCUT2D eigenvalue weighted by atomic mass is 10.2. The second-order valence-corrected chi connectivity index (χ2v) is 7.38. The topological polar surface area (TPSA) is 97.5 Å². The van der Waals surface area contributed by atoms with Gasteiger partial charge in [-0.3, -0.25) is 9.59 Å². The fraction of sp³-hybridized carbons (Fsp3) is 0.130. The Balaban J connectivity index is 1.46. The van der Waals surface area contributed by atoms with Gasteiger partial charge in [0.1, 0.15) is 6.54 Å². The molecule has 2 amide bonds. The Bertz CT molecular complexity index is 1410. The summed E-state index contributed by atoms with van der Waals surface area (Å²) < 4.78 is 40.5. The van der Waals surface area contributed by atoms with Gasteiger partial charge in [-0.1, -0.05) is 36.4 Å². The zero-order valence-electron chi connectivity index (χ0n) is 17.5. The van der Waals surface area contributed by atoms with E-state index in [0.717, 1.165) is 26.8 Å². The first-order valence-electron chi connectivity index (χ1n) is 10.1. The lowest BCUT2D eigenvalue weighted by molar-refractivity contribution is -0.137. The van der Waals surface area contributed by atoms with Gasteiger partial charge in [0.2, 0.25) is 5.91 Å². The van der Waals surface area contributed by atoms with Crippen LogP contribution in [0.5, 0.6) is 0 Å². The Kier molecular flexibility index (Phi) is 6.17. The Morgan fingerprint density at radius 2 is 1.74 bits per heavy atom. The second kappa shape index (κ2) is 9.22. The van der Waals surface area contributed by atoms with Gasteiger partial charge in [0.25, 0.3) is 5.91 Å². The SMILES string of the molecule is O=C(Cn1nc2ccc(C(=O)NCc3ccccc3)cn2c1=O)Nc1cccc(C(F)(F)F)c1. The first-order chi connectivity index (χ1) is 16.2. The largest absolute Gasteiger partial charge is 0.416 e. The molecule has 0 saturated carbocycles. The van der Waals surface area contributed by atoms with E-state index in [0.29, 0.717) is 6.54 Å². The molecule has 0 atom stereocenters.